The molecule has 1 nitrogen and oxygen atoms in total. The van der Waals surface area contributed by atoms with Crippen LogP contribution < -0.4 is 4.74 Å². The number of hydrogen-bond acceptors (Lipinski definition) is 3. The van der Waals surface area contributed by atoms with Crippen LogP contribution in [0.4, 0.5) is 0 Å². The lowest BCUT2D eigenvalue weighted by Crippen LogP contribution is -2.02. The fourth-order valence-corrected chi connectivity index (χ4v) is 4.21. The Morgan fingerprint density at radius 3 is 2.75 bits per heavy atom. The monoisotopic (exact) mass is 252 g/mol. The minimum atomic E-state index is 0.610. The zero-order valence-corrected chi connectivity index (χ0v) is 11.0. The second-order valence-corrected chi connectivity index (χ2v) is 6.36. The second kappa shape index (κ2) is 6.26. The average molecular weight is 252 g/mol. The van der Waals surface area contributed by atoms with E-state index in [0.29, 0.717) is 4.58 Å². The highest BCUT2D eigenvalue weighted by atomic mass is 32.2. The lowest BCUT2D eigenvalue weighted by Gasteiger charge is -2.17. The summed E-state index contributed by atoms with van der Waals surface area (Å²) >= 11 is 4.06. The molecule has 1 saturated heterocycles. The predicted octanol–water partition coefficient (Wildman–Crippen LogP) is 3.90. The molecule has 0 N–H and O–H groups in total. The Bertz CT molecular complexity index is 357. The van der Waals surface area contributed by atoms with Gasteiger partial charge >= 0.3 is 0 Å². The molecule has 86 valence electrons. The van der Waals surface area contributed by atoms with Crippen molar-refractivity contribution in [1.82, 2.24) is 0 Å². The molecular weight excluding hydrogens is 236 g/mol. The summed E-state index contributed by atoms with van der Waals surface area (Å²) in [7, 11) is 1.72. The van der Waals surface area contributed by atoms with Gasteiger partial charge in [-0.15, -0.1) is 23.5 Å². The van der Waals surface area contributed by atoms with E-state index in [1.54, 1.807) is 7.11 Å². The lowest BCUT2D eigenvalue weighted by molar-refractivity contribution is 0.414. The summed E-state index contributed by atoms with van der Waals surface area (Å²) in [6, 6.07) is 8.14. The highest BCUT2D eigenvalue weighted by molar-refractivity contribution is 8.17. The number of methoxy groups -OCH3 is 1. The summed E-state index contributed by atoms with van der Waals surface area (Å²) < 4.78 is 5.93. The third-order valence-electron chi connectivity index (χ3n) is 2.42. The lowest BCUT2D eigenvalue weighted by atomic mass is 10.2. The summed E-state index contributed by atoms with van der Waals surface area (Å²) in [4.78, 5) is 0. The maximum atomic E-state index is 5.32. The van der Waals surface area contributed by atoms with E-state index in [9.17, 15) is 0 Å². The minimum absolute atomic E-state index is 0.610. The van der Waals surface area contributed by atoms with Crippen molar-refractivity contribution in [3.63, 3.8) is 0 Å². The molecule has 0 unspecified atom stereocenters. The molecule has 0 bridgehead atoms. The van der Waals surface area contributed by atoms with Gasteiger partial charge in [0.15, 0.2) is 0 Å². The maximum Gasteiger partial charge on any atom is 0.126 e. The van der Waals surface area contributed by atoms with E-state index in [1.807, 2.05) is 41.7 Å². The molecule has 1 heterocycles. The quantitative estimate of drug-likeness (QED) is 0.807. The SMILES string of the molecule is COc1ccccc1/C=C/C1SCCCS1. The number of benzene rings is 1. The normalized spacial score (nSPS) is 17.8. The highest BCUT2D eigenvalue weighted by Gasteiger charge is 2.10. The van der Waals surface area contributed by atoms with Gasteiger partial charge in [-0.25, -0.2) is 0 Å². The van der Waals surface area contributed by atoms with Crippen molar-refractivity contribution in [2.24, 2.45) is 0 Å². The highest BCUT2D eigenvalue weighted by Crippen LogP contribution is 2.32. The van der Waals surface area contributed by atoms with Crippen molar-refractivity contribution in [1.29, 1.82) is 0 Å². The van der Waals surface area contributed by atoms with E-state index in [-0.39, 0.29) is 0 Å². The Labute approximate surface area is 106 Å². The molecule has 0 radical (unpaired) electrons. The van der Waals surface area contributed by atoms with E-state index in [2.05, 4.69) is 18.2 Å². The number of ether oxygens (including phenoxy) is 1. The number of thioether (sulfide) groups is 2. The third kappa shape index (κ3) is 3.22. The Kier molecular flexibility index (Phi) is 4.67. The van der Waals surface area contributed by atoms with Crippen molar-refractivity contribution < 1.29 is 4.74 Å². The van der Waals surface area contributed by atoms with Crippen LogP contribution in [0, 0.1) is 0 Å². The zero-order valence-electron chi connectivity index (χ0n) is 9.39. The van der Waals surface area contributed by atoms with Crippen LogP contribution in [0.15, 0.2) is 30.3 Å². The van der Waals surface area contributed by atoms with Crippen molar-refractivity contribution in [3.8, 4) is 5.75 Å². The largest absolute Gasteiger partial charge is 0.496 e. The van der Waals surface area contributed by atoms with Gasteiger partial charge in [0, 0.05) is 5.56 Å². The van der Waals surface area contributed by atoms with E-state index in [1.165, 1.54) is 17.9 Å². The van der Waals surface area contributed by atoms with Crippen molar-refractivity contribution >= 4 is 29.6 Å². The first kappa shape index (κ1) is 11.9. The Hall–Kier alpha value is -0.540. The Morgan fingerprint density at radius 2 is 2.00 bits per heavy atom. The fourth-order valence-electron chi connectivity index (χ4n) is 1.60. The fraction of sp³-hybridized carbons (Fsp3) is 0.385. The molecule has 0 saturated carbocycles. The third-order valence-corrected chi connectivity index (χ3v) is 5.26. The standard InChI is InChI=1S/C13H16OS2/c1-14-12-6-3-2-5-11(12)7-8-13-15-9-4-10-16-13/h2-3,5-8,13H,4,9-10H2,1H3/b8-7+. The summed E-state index contributed by atoms with van der Waals surface area (Å²) in [5, 5.41) is 0. The van der Waals surface area contributed by atoms with Gasteiger partial charge in [-0.1, -0.05) is 30.4 Å². The Balaban J connectivity index is 2.04. The second-order valence-electron chi connectivity index (χ2n) is 3.56. The molecule has 2 rings (SSSR count). The van der Waals surface area contributed by atoms with Crippen LogP contribution in [-0.2, 0) is 0 Å². The molecule has 1 aromatic rings. The molecule has 0 aliphatic carbocycles. The summed E-state index contributed by atoms with van der Waals surface area (Å²) in [5.41, 5.74) is 1.16. The van der Waals surface area contributed by atoms with Gasteiger partial charge in [0.05, 0.1) is 11.7 Å². The number of hydrogen-bond donors (Lipinski definition) is 0. The first-order valence-corrected chi connectivity index (χ1v) is 7.54. The average Bonchev–Trinajstić information content (AvgIpc) is 2.38. The molecule has 1 aromatic carbocycles. The smallest absolute Gasteiger partial charge is 0.126 e. The summed E-state index contributed by atoms with van der Waals surface area (Å²) in [6.07, 6.45) is 5.80. The Morgan fingerprint density at radius 1 is 1.25 bits per heavy atom. The molecule has 1 aliphatic rings. The van der Waals surface area contributed by atoms with Crippen LogP contribution in [0.1, 0.15) is 12.0 Å². The first-order valence-electron chi connectivity index (χ1n) is 5.44. The van der Waals surface area contributed by atoms with Gasteiger partial charge in [0.1, 0.15) is 5.75 Å². The van der Waals surface area contributed by atoms with Gasteiger partial charge in [-0.3, -0.25) is 0 Å². The molecular formula is C13H16OS2. The molecule has 1 fully saturated rings. The predicted molar refractivity (Wildman–Crippen MR) is 75.3 cm³/mol. The molecule has 0 atom stereocenters. The van der Waals surface area contributed by atoms with E-state index in [4.69, 9.17) is 4.74 Å². The van der Waals surface area contributed by atoms with Crippen LogP contribution in [0.5, 0.6) is 5.75 Å². The molecule has 16 heavy (non-hydrogen) atoms. The van der Waals surface area contributed by atoms with Crippen LogP contribution >= 0.6 is 23.5 Å². The topological polar surface area (TPSA) is 9.23 Å². The first-order chi connectivity index (χ1) is 7.90. The molecule has 1 aliphatic heterocycles. The molecule has 0 aromatic heterocycles. The van der Waals surface area contributed by atoms with Crippen molar-refractivity contribution in [2.75, 3.05) is 18.6 Å². The van der Waals surface area contributed by atoms with Gasteiger partial charge in [0.2, 0.25) is 0 Å². The van der Waals surface area contributed by atoms with E-state index < -0.39 is 0 Å². The number of rotatable bonds is 3. The van der Waals surface area contributed by atoms with Crippen LogP contribution in [0.2, 0.25) is 0 Å². The summed E-state index contributed by atoms with van der Waals surface area (Å²) in [6.45, 7) is 0. The van der Waals surface area contributed by atoms with Crippen LogP contribution in [0.3, 0.4) is 0 Å². The summed E-state index contributed by atoms with van der Waals surface area (Å²) in [5.74, 6) is 3.52. The van der Waals surface area contributed by atoms with Gasteiger partial charge in [0.25, 0.3) is 0 Å². The van der Waals surface area contributed by atoms with E-state index >= 15 is 0 Å². The molecule has 0 amide bonds. The zero-order chi connectivity index (χ0) is 11.2. The van der Waals surface area contributed by atoms with Crippen LogP contribution in [-0.4, -0.2) is 23.2 Å². The number of para-hydroxylation sites is 1. The van der Waals surface area contributed by atoms with Gasteiger partial charge < -0.3 is 4.74 Å². The van der Waals surface area contributed by atoms with Crippen molar-refractivity contribution in [3.05, 3.63) is 35.9 Å². The van der Waals surface area contributed by atoms with E-state index in [0.717, 1.165) is 11.3 Å². The minimum Gasteiger partial charge on any atom is -0.496 e. The van der Waals surface area contributed by atoms with Crippen molar-refractivity contribution in [2.45, 2.75) is 11.0 Å². The van der Waals surface area contributed by atoms with Gasteiger partial charge in [-0.05, 0) is 24.0 Å². The maximum absolute atomic E-state index is 5.32. The molecule has 3 heteroatoms. The molecule has 0 spiro atoms. The van der Waals surface area contributed by atoms with Crippen LogP contribution in [0.25, 0.3) is 6.08 Å². The van der Waals surface area contributed by atoms with Gasteiger partial charge in [-0.2, -0.15) is 0 Å².